The van der Waals surface area contributed by atoms with Crippen LogP contribution < -0.4 is 5.56 Å². The zero-order valence-corrected chi connectivity index (χ0v) is 22.1. The Labute approximate surface area is 223 Å². The molecular formula is C31H26BrN3O2. The monoisotopic (exact) mass is 551 g/mol. The fourth-order valence-corrected chi connectivity index (χ4v) is 5.65. The van der Waals surface area contributed by atoms with Crippen LogP contribution in [0.5, 0.6) is 0 Å². The summed E-state index contributed by atoms with van der Waals surface area (Å²) in [6.45, 7) is 2.26. The molecule has 0 fully saturated rings. The molecule has 1 aliphatic carbocycles. The molecular weight excluding hydrogens is 526 g/mol. The lowest BCUT2D eigenvalue weighted by Gasteiger charge is -2.24. The number of Topliss-reactive ketones (excluding diaryl/α,β-unsaturated/α-hetero) is 1. The van der Waals surface area contributed by atoms with Gasteiger partial charge in [-0.25, -0.2) is 9.67 Å². The van der Waals surface area contributed by atoms with E-state index in [9.17, 15) is 9.59 Å². The van der Waals surface area contributed by atoms with Gasteiger partial charge in [0.2, 0.25) is 0 Å². The molecule has 0 amide bonds. The standard InChI is InChI=1S/C31H26BrN3O2/c1-20-12-17-25-26(18-20)29(22-8-4-2-5-9-22)33-30-28(25)31(37)35(24-10-6-3-7-11-24)34(30)19-27(36)21-13-15-23(32)16-14-21/h2-11,13-16,20H,12,17-19H2,1H3/t20-/m1/s1. The summed E-state index contributed by atoms with van der Waals surface area (Å²) < 4.78 is 4.30. The van der Waals surface area contributed by atoms with E-state index >= 15 is 0 Å². The minimum absolute atomic E-state index is 0.00564. The van der Waals surface area contributed by atoms with E-state index in [1.54, 1.807) is 21.5 Å². The summed E-state index contributed by atoms with van der Waals surface area (Å²) >= 11 is 3.44. The fourth-order valence-electron chi connectivity index (χ4n) is 5.39. The molecule has 2 heterocycles. The number of pyridine rings is 1. The maximum atomic E-state index is 14.1. The maximum Gasteiger partial charge on any atom is 0.281 e. The van der Waals surface area contributed by atoms with E-state index < -0.39 is 0 Å². The van der Waals surface area contributed by atoms with Crippen molar-refractivity contribution in [3.63, 3.8) is 0 Å². The summed E-state index contributed by atoms with van der Waals surface area (Å²) in [4.78, 5) is 32.7. The van der Waals surface area contributed by atoms with E-state index in [1.807, 2.05) is 60.7 Å². The minimum Gasteiger partial charge on any atom is -0.292 e. The van der Waals surface area contributed by atoms with Crippen LogP contribution in [0.1, 0.15) is 34.8 Å². The fraction of sp³-hybridized carbons (Fsp3) is 0.194. The van der Waals surface area contributed by atoms with Gasteiger partial charge in [-0.3, -0.25) is 14.3 Å². The van der Waals surface area contributed by atoms with Crippen LogP contribution in [-0.4, -0.2) is 20.1 Å². The van der Waals surface area contributed by atoms with Crippen molar-refractivity contribution < 1.29 is 4.79 Å². The lowest BCUT2D eigenvalue weighted by atomic mass is 9.82. The first-order valence-electron chi connectivity index (χ1n) is 12.6. The number of hydrogen-bond acceptors (Lipinski definition) is 3. The van der Waals surface area contributed by atoms with Crippen molar-refractivity contribution in [3.05, 3.63) is 116 Å². The number of aromatic nitrogens is 3. The molecule has 6 heteroatoms. The van der Waals surface area contributed by atoms with Crippen molar-refractivity contribution in [2.45, 2.75) is 32.7 Å². The Balaban J connectivity index is 1.64. The number of ketones is 1. The van der Waals surface area contributed by atoms with E-state index in [0.29, 0.717) is 28.2 Å². The van der Waals surface area contributed by atoms with Crippen molar-refractivity contribution in [2.75, 3.05) is 0 Å². The van der Waals surface area contributed by atoms with Crippen LogP contribution in [0.25, 0.3) is 28.0 Å². The molecule has 0 spiro atoms. The van der Waals surface area contributed by atoms with Crippen LogP contribution in [0.4, 0.5) is 0 Å². The van der Waals surface area contributed by atoms with Gasteiger partial charge in [0.25, 0.3) is 5.56 Å². The Morgan fingerprint density at radius 3 is 2.32 bits per heavy atom. The summed E-state index contributed by atoms with van der Waals surface area (Å²) in [6.07, 6.45) is 2.73. The number of benzene rings is 3. The van der Waals surface area contributed by atoms with Crippen molar-refractivity contribution in [1.82, 2.24) is 14.3 Å². The number of carbonyl (C=O) groups excluding carboxylic acids is 1. The number of hydrogen-bond donors (Lipinski definition) is 0. The third-order valence-corrected chi connectivity index (χ3v) is 7.76. The highest BCUT2D eigenvalue weighted by Gasteiger charge is 2.28. The number of rotatable bonds is 5. The summed E-state index contributed by atoms with van der Waals surface area (Å²) in [7, 11) is 0. The summed E-state index contributed by atoms with van der Waals surface area (Å²) in [5, 5.41) is 0.633. The van der Waals surface area contributed by atoms with Gasteiger partial charge in [0.1, 0.15) is 6.54 Å². The first kappa shape index (κ1) is 23.6. The van der Waals surface area contributed by atoms with Gasteiger partial charge in [-0.2, -0.15) is 0 Å². The first-order valence-corrected chi connectivity index (χ1v) is 13.4. The highest BCUT2D eigenvalue weighted by atomic mass is 79.9. The largest absolute Gasteiger partial charge is 0.292 e. The second-order valence-electron chi connectivity index (χ2n) is 9.77. The van der Waals surface area contributed by atoms with Crippen LogP contribution in [0, 0.1) is 5.92 Å². The lowest BCUT2D eigenvalue weighted by molar-refractivity contribution is 0.0966. The molecule has 0 radical (unpaired) electrons. The molecule has 0 saturated carbocycles. The number of nitrogens with zero attached hydrogens (tertiary/aromatic N) is 3. The van der Waals surface area contributed by atoms with Gasteiger partial charge in [-0.1, -0.05) is 83.5 Å². The highest BCUT2D eigenvalue weighted by molar-refractivity contribution is 9.10. The Morgan fingerprint density at radius 2 is 1.62 bits per heavy atom. The summed E-state index contributed by atoms with van der Waals surface area (Å²) in [5.41, 5.74) is 5.91. The average molecular weight is 552 g/mol. The van der Waals surface area contributed by atoms with Gasteiger partial charge in [0, 0.05) is 15.6 Å². The smallest absolute Gasteiger partial charge is 0.281 e. The molecule has 0 N–H and O–H groups in total. The normalized spacial score (nSPS) is 15.0. The third kappa shape index (κ3) is 4.25. The van der Waals surface area contributed by atoms with Crippen molar-refractivity contribution in [2.24, 2.45) is 5.92 Å². The van der Waals surface area contributed by atoms with E-state index in [4.69, 9.17) is 4.98 Å². The van der Waals surface area contributed by atoms with Crippen LogP contribution >= 0.6 is 15.9 Å². The Bertz CT molecular complexity index is 1670. The molecule has 0 unspecified atom stereocenters. The summed E-state index contributed by atoms with van der Waals surface area (Å²) in [5.74, 6) is 0.440. The molecule has 3 aromatic carbocycles. The second-order valence-corrected chi connectivity index (χ2v) is 10.7. The number of aryl methyl sites for hydroxylation is 1. The van der Waals surface area contributed by atoms with Gasteiger partial charge in [0.05, 0.1) is 16.8 Å². The maximum absolute atomic E-state index is 14.1. The summed E-state index contributed by atoms with van der Waals surface area (Å²) in [6, 6.07) is 27.0. The lowest BCUT2D eigenvalue weighted by Crippen LogP contribution is -2.24. The van der Waals surface area contributed by atoms with E-state index in [0.717, 1.165) is 46.1 Å². The Kier molecular flexibility index (Phi) is 6.13. The molecule has 184 valence electrons. The molecule has 5 nitrogen and oxygen atoms in total. The van der Waals surface area contributed by atoms with Crippen molar-refractivity contribution >= 4 is 32.7 Å². The molecule has 2 aromatic heterocycles. The van der Waals surface area contributed by atoms with Gasteiger partial charge in [0.15, 0.2) is 11.4 Å². The minimum atomic E-state index is -0.122. The number of carbonyl (C=O) groups is 1. The third-order valence-electron chi connectivity index (χ3n) is 7.23. The molecule has 37 heavy (non-hydrogen) atoms. The number of halogens is 1. The van der Waals surface area contributed by atoms with E-state index in [-0.39, 0.29) is 17.9 Å². The van der Waals surface area contributed by atoms with Crippen molar-refractivity contribution in [1.29, 1.82) is 0 Å². The topological polar surface area (TPSA) is 56.9 Å². The molecule has 1 aliphatic rings. The molecule has 0 bridgehead atoms. The van der Waals surface area contributed by atoms with Crippen LogP contribution in [-0.2, 0) is 19.4 Å². The predicted molar refractivity (Wildman–Crippen MR) is 150 cm³/mol. The van der Waals surface area contributed by atoms with E-state index in [1.165, 1.54) is 0 Å². The zero-order valence-electron chi connectivity index (χ0n) is 20.5. The van der Waals surface area contributed by atoms with Gasteiger partial charge >= 0.3 is 0 Å². The van der Waals surface area contributed by atoms with Crippen LogP contribution in [0.15, 0.2) is 94.2 Å². The molecule has 0 saturated heterocycles. The van der Waals surface area contributed by atoms with Gasteiger partial charge in [-0.05, 0) is 60.6 Å². The van der Waals surface area contributed by atoms with Gasteiger partial charge in [-0.15, -0.1) is 0 Å². The zero-order chi connectivity index (χ0) is 25.5. The molecule has 0 aliphatic heterocycles. The van der Waals surface area contributed by atoms with Crippen LogP contribution in [0.3, 0.4) is 0 Å². The Morgan fingerprint density at radius 1 is 0.946 bits per heavy atom. The molecule has 5 aromatic rings. The number of fused-ring (bicyclic) bond motifs is 3. The van der Waals surface area contributed by atoms with Gasteiger partial charge < -0.3 is 0 Å². The van der Waals surface area contributed by atoms with Crippen molar-refractivity contribution in [3.8, 4) is 16.9 Å². The molecule has 6 rings (SSSR count). The highest BCUT2D eigenvalue weighted by Crippen LogP contribution is 2.36. The Hall–Kier alpha value is -3.77. The molecule has 1 atom stereocenters. The SMILES string of the molecule is C[C@@H]1CCc2c(c(-c3ccccc3)nc3c2c(=O)n(-c2ccccc2)n3CC(=O)c2ccc(Br)cc2)C1. The predicted octanol–water partition coefficient (Wildman–Crippen LogP) is 6.62. The average Bonchev–Trinajstić information content (AvgIpc) is 3.20. The number of para-hydroxylation sites is 1. The first-order chi connectivity index (χ1) is 18.0. The quantitative estimate of drug-likeness (QED) is 0.230. The van der Waals surface area contributed by atoms with Crippen LogP contribution in [0.2, 0.25) is 0 Å². The second kappa shape index (κ2) is 9.60. The van der Waals surface area contributed by atoms with E-state index in [2.05, 4.69) is 35.0 Å².